The van der Waals surface area contributed by atoms with Crippen LogP contribution in [0.3, 0.4) is 0 Å². The molecule has 0 aliphatic carbocycles. The number of aromatic hydroxyl groups is 1. The Labute approximate surface area is 191 Å². The molecule has 0 unspecified atom stereocenters. The Morgan fingerprint density at radius 3 is 2.59 bits per heavy atom. The van der Waals surface area contributed by atoms with Crippen LogP contribution in [0.15, 0.2) is 70.2 Å². The fourth-order valence-electron chi connectivity index (χ4n) is 2.68. The van der Waals surface area contributed by atoms with Crippen molar-refractivity contribution in [3.63, 3.8) is 0 Å². The molecule has 0 heterocycles. The van der Waals surface area contributed by atoms with Crippen LogP contribution in [0.4, 0.5) is 5.69 Å². The Bertz CT molecular complexity index is 1160. The minimum atomic E-state index is -0.566. The van der Waals surface area contributed by atoms with E-state index in [9.17, 15) is 20.0 Å². The summed E-state index contributed by atoms with van der Waals surface area (Å²) in [5.41, 5.74) is 3.82. The molecule has 3 aromatic carbocycles. The monoisotopic (exact) mass is 499 g/mol. The highest BCUT2D eigenvalue weighted by molar-refractivity contribution is 9.10. The molecule has 0 radical (unpaired) electrons. The highest BCUT2D eigenvalue weighted by Crippen LogP contribution is 2.28. The molecule has 0 saturated heterocycles. The number of methoxy groups -OCH3 is 1. The van der Waals surface area contributed by atoms with Crippen LogP contribution in [0.5, 0.6) is 17.2 Å². The van der Waals surface area contributed by atoms with Crippen molar-refractivity contribution in [1.29, 1.82) is 0 Å². The number of hydrazone groups is 1. The number of nitro groups is 1. The summed E-state index contributed by atoms with van der Waals surface area (Å²) in [6, 6.07) is 15.6. The minimum absolute atomic E-state index is 0.00256. The number of carbonyl (C=O) groups excluding carboxylic acids is 1. The summed E-state index contributed by atoms with van der Waals surface area (Å²) >= 11 is 3.25. The largest absolute Gasteiger partial charge is 0.507 e. The molecule has 10 heteroatoms. The number of nitrogens with zero attached hydrogens (tertiary/aromatic N) is 2. The molecule has 2 N–H and O–H groups in total. The number of carbonyl (C=O) groups is 1. The third-order valence-corrected chi connectivity index (χ3v) is 4.81. The summed E-state index contributed by atoms with van der Waals surface area (Å²) in [5, 5.41) is 24.5. The van der Waals surface area contributed by atoms with Crippen LogP contribution in [0.2, 0.25) is 0 Å². The maximum atomic E-state index is 12.2. The summed E-state index contributed by atoms with van der Waals surface area (Å²) in [4.78, 5) is 22.5. The van der Waals surface area contributed by atoms with Crippen LogP contribution in [0.1, 0.15) is 21.5 Å². The smallest absolute Gasteiger partial charge is 0.275 e. The van der Waals surface area contributed by atoms with Crippen molar-refractivity contribution in [3.05, 3.63) is 91.9 Å². The van der Waals surface area contributed by atoms with Crippen LogP contribution in [-0.2, 0) is 6.61 Å². The Kier molecular flexibility index (Phi) is 7.40. The maximum absolute atomic E-state index is 12.2. The van der Waals surface area contributed by atoms with E-state index in [4.69, 9.17) is 9.47 Å². The third-order valence-electron chi connectivity index (χ3n) is 4.31. The number of rotatable bonds is 8. The first kappa shape index (κ1) is 22.8. The maximum Gasteiger partial charge on any atom is 0.275 e. The van der Waals surface area contributed by atoms with Gasteiger partial charge in [-0.2, -0.15) is 5.10 Å². The van der Waals surface area contributed by atoms with Gasteiger partial charge in [-0.25, -0.2) is 5.43 Å². The van der Waals surface area contributed by atoms with E-state index in [1.165, 1.54) is 37.6 Å². The number of phenolic OH excluding ortho intramolecular Hbond substituents is 1. The van der Waals surface area contributed by atoms with E-state index < -0.39 is 10.8 Å². The first-order valence-corrected chi connectivity index (χ1v) is 10.0. The Morgan fingerprint density at radius 1 is 1.16 bits per heavy atom. The molecule has 0 fully saturated rings. The predicted octanol–water partition coefficient (Wildman–Crippen LogP) is 4.41. The Balaban J connectivity index is 1.67. The van der Waals surface area contributed by atoms with Crippen LogP contribution in [-0.4, -0.2) is 29.3 Å². The van der Waals surface area contributed by atoms with Crippen molar-refractivity contribution < 1.29 is 24.3 Å². The normalized spacial score (nSPS) is 10.7. The number of nitrogens with one attached hydrogen (secondary N) is 1. The van der Waals surface area contributed by atoms with Gasteiger partial charge in [0, 0.05) is 16.6 Å². The van der Waals surface area contributed by atoms with Crippen molar-refractivity contribution in [2.45, 2.75) is 6.61 Å². The standard InChI is InChI=1S/C22H18BrN3O6/c1-31-20-9-4-15(12-24-25-22(28)18-11-16(23)5-8-19(18)27)10-21(20)32-13-14-2-6-17(7-3-14)26(29)30/h2-12,27H,13H2,1H3,(H,25,28). The van der Waals surface area contributed by atoms with Gasteiger partial charge in [0.05, 0.1) is 23.8 Å². The van der Waals surface area contributed by atoms with Crippen LogP contribution < -0.4 is 14.9 Å². The molecule has 0 bridgehead atoms. The van der Waals surface area contributed by atoms with Crippen molar-refractivity contribution >= 4 is 33.7 Å². The van der Waals surface area contributed by atoms with Gasteiger partial charge in [-0.15, -0.1) is 0 Å². The van der Waals surface area contributed by atoms with E-state index >= 15 is 0 Å². The average Bonchev–Trinajstić information content (AvgIpc) is 2.79. The topological polar surface area (TPSA) is 123 Å². The molecule has 164 valence electrons. The SMILES string of the molecule is COc1ccc(C=NNC(=O)c2cc(Br)ccc2O)cc1OCc1ccc([N+](=O)[O-])cc1. The van der Waals surface area contributed by atoms with Crippen LogP contribution >= 0.6 is 15.9 Å². The van der Waals surface area contributed by atoms with Gasteiger partial charge >= 0.3 is 0 Å². The van der Waals surface area contributed by atoms with E-state index in [-0.39, 0.29) is 23.6 Å². The Hall–Kier alpha value is -3.92. The van der Waals surface area contributed by atoms with Crippen LogP contribution in [0.25, 0.3) is 0 Å². The van der Waals surface area contributed by atoms with E-state index in [1.807, 2.05) is 0 Å². The lowest BCUT2D eigenvalue weighted by molar-refractivity contribution is -0.384. The zero-order chi connectivity index (χ0) is 23.1. The summed E-state index contributed by atoms with van der Waals surface area (Å²) in [7, 11) is 1.51. The molecule has 0 saturated carbocycles. The fraction of sp³-hybridized carbons (Fsp3) is 0.0909. The molecule has 3 aromatic rings. The molecular formula is C22H18BrN3O6. The second-order valence-corrected chi connectivity index (χ2v) is 7.40. The van der Waals surface area contributed by atoms with Gasteiger partial charge in [0.25, 0.3) is 11.6 Å². The quantitative estimate of drug-likeness (QED) is 0.268. The van der Waals surface area contributed by atoms with Crippen molar-refractivity contribution in [2.24, 2.45) is 5.10 Å². The van der Waals surface area contributed by atoms with Crippen molar-refractivity contribution in [3.8, 4) is 17.2 Å². The molecule has 0 aromatic heterocycles. The van der Waals surface area contributed by atoms with E-state index in [2.05, 4.69) is 26.5 Å². The van der Waals surface area contributed by atoms with Gasteiger partial charge in [0.2, 0.25) is 0 Å². The first-order chi connectivity index (χ1) is 15.4. The number of non-ortho nitro benzene ring substituents is 1. The van der Waals surface area contributed by atoms with Gasteiger partial charge < -0.3 is 14.6 Å². The van der Waals surface area contributed by atoms with E-state index in [1.54, 1.807) is 36.4 Å². The van der Waals surface area contributed by atoms with E-state index in [0.29, 0.717) is 21.5 Å². The second kappa shape index (κ2) is 10.4. The number of hydrogen-bond donors (Lipinski definition) is 2. The number of halogens is 1. The fourth-order valence-corrected chi connectivity index (χ4v) is 3.04. The average molecular weight is 500 g/mol. The van der Waals surface area contributed by atoms with Crippen LogP contribution in [0, 0.1) is 10.1 Å². The predicted molar refractivity (Wildman–Crippen MR) is 121 cm³/mol. The molecule has 0 spiro atoms. The third kappa shape index (κ3) is 5.82. The molecule has 3 rings (SSSR count). The highest BCUT2D eigenvalue weighted by atomic mass is 79.9. The molecule has 32 heavy (non-hydrogen) atoms. The van der Waals surface area contributed by atoms with Crippen molar-refractivity contribution in [2.75, 3.05) is 7.11 Å². The number of benzene rings is 3. The lowest BCUT2D eigenvalue weighted by Gasteiger charge is -2.11. The van der Waals surface area contributed by atoms with Gasteiger partial charge in [-0.05, 0) is 59.7 Å². The number of nitro benzene ring substituents is 1. The molecule has 1 amide bonds. The first-order valence-electron chi connectivity index (χ1n) is 9.23. The number of amides is 1. The van der Waals surface area contributed by atoms with Gasteiger partial charge in [-0.3, -0.25) is 14.9 Å². The number of phenols is 1. The van der Waals surface area contributed by atoms with E-state index in [0.717, 1.165) is 5.56 Å². The zero-order valence-corrected chi connectivity index (χ0v) is 18.4. The molecule has 0 aliphatic heterocycles. The van der Waals surface area contributed by atoms with Gasteiger partial charge in [-0.1, -0.05) is 15.9 Å². The van der Waals surface area contributed by atoms with Crippen molar-refractivity contribution in [1.82, 2.24) is 5.43 Å². The molecule has 0 atom stereocenters. The molecule has 9 nitrogen and oxygen atoms in total. The highest BCUT2D eigenvalue weighted by Gasteiger charge is 2.11. The summed E-state index contributed by atoms with van der Waals surface area (Å²) in [6.07, 6.45) is 1.42. The summed E-state index contributed by atoms with van der Waals surface area (Å²) in [5.74, 6) is 0.202. The van der Waals surface area contributed by atoms with Gasteiger partial charge in [0.1, 0.15) is 12.4 Å². The zero-order valence-electron chi connectivity index (χ0n) is 16.8. The number of ether oxygens (including phenoxy) is 2. The Morgan fingerprint density at radius 2 is 1.91 bits per heavy atom. The summed E-state index contributed by atoms with van der Waals surface area (Å²) < 4.78 is 11.7. The second-order valence-electron chi connectivity index (χ2n) is 6.48. The summed E-state index contributed by atoms with van der Waals surface area (Å²) in [6.45, 7) is 0.174. The number of hydrogen-bond acceptors (Lipinski definition) is 7. The van der Waals surface area contributed by atoms with Gasteiger partial charge in [0.15, 0.2) is 11.5 Å². The lowest BCUT2D eigenvalue weighted by Crippen LogP contribution is -2.17. The lowest BCUT2D eigenvalue weighted by atomic mass is 10.2. The molecular weight excluding hydrogens is 482 g/mol. The molecule has 0 aliphatic rings. The minimum Gasteiger partial charge on any atom is -0.507 e.